The van der Waals surface area contributed by atoms with E-state index in [0.717, 1.165) is 5.56 Å². The van der Waals surface area contributed by atoms with Gasteiger partial charge in [-0.3, -0.25) is 4.79 Å². The molecular formula is C15H22Cl2N2O. The molecule has 0 heterocycles. The molecule has 1 aromatic carbocycles. The van der Waals surface area contributed by atoms with E-state index < -0.39 is 0 Å². The molecule has 112 valence electrons. The van der Waals surface area contributed by atoms with Crippen molar-refractivity contribution in [1.29, 1.82) is 0 Å². The number of rotatable bonds is 6. The van der Waals surface area contributed by atoms with Gasteiger partial charge in [-0.25, -0.2) is 0 Å². The molecule has 1 rings (SSSR count). The highest BCUT2D eigenvalue weighted by Gasteiger charge is 2.28. The maximum absolute atomic E-state index is 12.0. The number of halogens is 2. The summed E-state index contributed by atoms with van der Waals surface area (Å²) in [4.78, 5) is 12.0. The Morgan fingerprint density at radius 3 is 2.55 bits per heavy atom. The van der Waals surface area contributed by atoms with E-state index in [-0.39, 0.29) is 17.4 Å². The molecule has 0 saturated heterocycles. The van der Waals surface area contributed by atoms with E-state index in [1.54, 1.807) is 12.1 Å². The molecule has 0 spiro atoms. The number of carbonyl (C=O) groups excluding carboxylic acids is 1. The van der Waals surface area contributed by atoms with Crippen molar-refractivity contribution in [3.63, 3.8) is 0 Å². The van der Waals surface area contributed by atoms with Crippen LogP contribution in [0.5, 0.6) is 0 Å². The van der Waals surface area contributed by atoms with Crippen LogP contribution in [0.1, 0.15) is 32.8 Å². The van der Waals surface area contributed by atoms with Gasteiger partial charge in [-0.15, -0.1) is 0 Å². The summed E-state index contributed by atoms with van der Waals surface area (Å²) in [5, 5.41) is 4.20. The Hall–Kier alpha value is -0.770. The van der Waals surface area contributed by atoms with Crippen LogP contribution in [-0.2, 0) is 11.2 Å². The zero-order valence-electron chi connectivity index (χ0n) is 12.2. The number of benzene rings is 1. The zero-order chi connectivity index (χ0) is 15.3. The molecule has 0 radical (unpaired) electrons. The number of hydrogen-bond acceptors (Lipinski definition) is 2. The van der Waals surface area contributed by atoms with Crippen LogP contribution in [0.4, 0.5) is 0 Å². The van der Waals surface area contributed by atoms with Gasteiger partial charge < -0.3 is 11.1 Å². The van der Waals surface area contributed by atoms with Crippen LogP contribution in [0.25, 0.3) is 0 Å². The SMILES string of the molecule is CC(C)C(C)(CN)NC(=O)CCc1ccc(Cl)cc1Cl. The molecule has 0 aliphatic heterocycles. The number of nitrogens with two attached hydrogens (primary N) is 1. The molecule has 0 bridgehead atoms. The Bertz CT molecular complexity index is 477. The molecular weight excluding hydrogens is 295 g/mol. The van der Waals surface area contributed by atoms with Gasteiger partial charge in [0.15, 0.2) is 0 Å². The fourth-order valence-corrected chi connectivity index (χ4v) is 2.29. The number of amides is 1. The van der Waals surface area contributed by atoms with Gasteiger partial charge >= 0.3 is 0 Å². The Morgan fingerprint density at radius 2 is 2.05 bits per heavy atom. The lowest BCUT2D eigenvalue weighted by Gasteiger charge is -2.33. The first-order valence-corrected chi connectivity index (χ1v) is 7.49. The van der Waals surface area contributed by atoms with Crippen LogP contribution in [0, 0.1) is 5.92 Å². The summed E-state index contributed by atoms with van der Waals surface area (Å²) < 4.78 is 0. The topological polar surface area (TPSA) is 55.1 Å². The standard InChI is InChI=1S/C15H22Cl2N2O/c1-10(2)15(3,9-18)19-14(20)7-5-11-4-6-12(16)8-13(11)17/h4,6,8,10H,5,7,9,18H2,1-3H3,(H,19,20). The van der Waals surface area contributed by atoms with E-state index in [4.69, 9.17) is 28.9 Å². The van der Waals surface area contributed by atoms with E-state index in [1.807, 2.05) is 26.8 Å². The number of carbonyl (C=O) groups is 1. The summed E-state index contributed by atoms with van der Waals surface area (Å²) in [5.41, 5.74) is 6.30. The van der Waals surface area contributed by atoms with Gasteiger partial charge in [0, 0.05) is 23.0 Å². The summed E-state index contributed by atoms with van der Waals surface area (Å²) in [6.07, 6.45) is 0.963. The monoisotopic (exact) mass is 316 g/mol. The quantitative estimate of drug-likeness (QED) is 0.845. The third-order valence-corrected chi connectivity index (χ3v) is 4.35. The lowest BCUT2D eigenvalue weighted by molar-refractivity contribution is -0.123. The molecule has 0 fully saturated rings. The molecule has 5 heteroatoms. The molecule has 1 atom stereocenters. The van der Waals surface area contributed by atoms with Crippen molar-refractivity contribution in [1.82, 2.24) is 5.32 Å². The Balaban J connectivity index is 2.59. The predicted molar refractivity (Wildman–Crippen MR) is 85.2 cm³/mol. The Labute approximate surface area is 130 Å². The summed E-state index contributed by atoms with van der Waals surface area (Å²) in [7, 11) is 0. The smallest absolute Gasteiger partial charge is 0.220 e. The van der Waals surface area contributed by atoms with Crippen LogP contribution in [-0.4, -0.2) is 18.0 Å². The van der Waals surface area contributed by atoms with E-state index >= 15 is 0 Å². The van der Waals surface area contributed by atoms with Gasteiger partial charge in [0.25, 0.3) is 0 Å². The summed E-state index contributed by atoms with van der Waals surface area (Å²) in [5.74, 6) is 0.258. The van der Waals surface area contributed by atoms with Gasteiger partial charge in [0.1, 0.15) is 0 Å². The fraction of sp³-hybridized carbons (Fsp3) is 0.533. The fourth-order valence-electron chi connectivity index (χ4n) is 1.78. The second kappa shape index (κ2) is 7.30. The summed E-state index contributed by atoms with van der Waals surface area (Å²) in [6, 6.07) is 5.32. The maximum Gasteiger partial charge on any atom is 0.220 e. The molecule has 1 amide bonds. The normalized spacial score (nSPS) is 14.2. The summed E-state index contributed by atoms with van der Waals surface area (Å²) in [6.45, 7) is 6.47. The first-order valence-electron chi connectivity index (χ1n) is 6.73. The molecule has 1 aromatic rings. The van der Waals surface area contributed by atoms with Crippen molar-refractivity contribution < 1.29 is 4.79 Å². The number of nitrogens with one attached hydrogen (secondary N) is 1. The highest BCUT2D eigenvalue weighted by Crippen LogP contribution is 2.22. The van der Waals surface area contributed by atoms with Gasteiger partial charge in [-0.2, -0.15) is 0 Å². The molecule has 20 heavy (non-hydrogen) atoms. The Morgan fingerprint density at radius 1 is 1.40 bits per heavy atom. The lowest BCUT2D eigenvalue weighted by atomic mass is 9.88. The van der Waals surface area contributed by atoms with Crippen molar-refractivity contribution in [2.45, 2.75) is 39.2 Å². The van der Waals surface area contributed by atoms with E-state index in [9.17, 15) is 4.79 Å². The van der Waals surface area contributed by atoms with Crippen molar-refractivity contribution >= 4 is 29.1 Å². The third-order valence-electron chi connectivity index (χ3n) is 3.76. The highest BCUT2D eigenvalue weighted by atomic mass is 35.5. The van der Waals surface area contributed by atoms with Crippen molar-refractivity contribution in [2.75, 3.05) is 6.54 Å². The Kier molecular flexibility index (Phi) is 6.31. The first kappa shape index (κ1) is 17.3. The first-order chi connectivity index (χ1) is 9.28. The van der Waals surface area contributed by atoms with Crippen LogP contribution >= 0.6 is 23.2 Å². The average Bonchev–Trinajstić information content (AvgIpc) is 2.37. The minimum absolute atomic E-state index is 0.0160. The molecule has 3 nitrogen and oxygen atoms in total. The summed E-state index contributed by atoms with van der Waals surface area (Å²) >= 11 is 11.9. The van der Waals surface area contributed by atoms with Gasteiger partial charge in [0.05, 0.1) is 5.54 Å². The van der Waals surface area contributed by atoms with Crippen LogP contribution in [0.15, 0.2) is 18.2 Å². The van der Waals surface area contributed by atoms with Crippen LogP contribution < -0.4 is 11.1 Å². The zero-order valence-corrected chi connectivity index (χ0v) is 13.7. The molecule has 1 unspecified atom stereocenters. The maximum atomic E-state index is 12.0. The molecule has 3 N–H and O–H groups in total. The van der Waals surface area contributed by atoms with E-state index in [0.29, 0.717) is 29.4 Å². The average molecular weight is 317 g/mol. The van der Waals surface area contributed by atoms with Crippen molar-refractivity contribution in [2.24, 2.45) is 11.7 Å². The minimum atomic E-state index is -0.374. The lowest BCUT2D eigenvalue weighted by Crippen LogP contribution is -2.55. The van der Waals surface area contributed by atoms with Crippen LogP contribution in [0.2, 0.25) is 10.0 Å². The van der Waals surface area contributed by atoms with Crippen molar-refractivity contribution in [3.05, 3.63) is 33.8 Å². The third kappa shape index (κ3) is 4.65. The minimum Gasteiger partial charge on any atom is -0.349 e. The highest BCUT2D eigenvalue weighted by molar-refractivity contribution is 6.35. The van der Waals surface area contributed by atoms with Crippen molar-refractivity contribution in [3.8, 4) is 0 Å². The second-order valence-corrected chi connectivity index (χ2v) is 6.40. The number of hydrogen-bond donors (Lipinski definition) is 2. The van der Waals surface area contributed by atoms with E-state index in [1.165, 1.54) is 0 Å². The molecule has 0 aliphatic rings. The number of aryl methyl sites for hydroxylation is 1. The van der Waals surface area contributed by atoms with Gasteiger partial charge in [-0.05, 0) is 37.0 Å². The second-order valence-electron chi connectivity index (χ2n) is 5.56. The molecule has 0 aromatic heterocycles. The van der Waals surface area contributed by atoms with Crippen LogP contribution in [0.3, 0.4) is 0 Å². The van der Waals surface area contributed by atoms with Gasteiger partial charge in [0.2, 0.25) is 5.91 Å². The molecule has 0 saturated carbocycles. The predicted octanol–water partition coefficient (Wildman–Crippen LogP) is 3.42. The van der Waals surface area contributed by atoms with Gasteiger partial charge in [-0.1, -0.05) is 43.1 Å². The van der Waals surface area contributed by atoms with E-state index in [2.05, 4.69) is 5.32 Å². The molecule has 0 aliphatic carbocycles. The largest absolute Gasteiger partial charge is 0.349 e.